The predicted molar refractivity (Wildman–Crippen MR) is 126 cm³/mol. The van der Waals surface area contributed by atoms with Gasteiger partial charge in [0.05, 0.1) is 16.2 Å². The lowest BCUT2D eigenvalue weighted by molar-refractivity contribution is 0.0786. The van der Waals surface area contributed by atoms with Crippen LogP contribution in [-0.2, 0) is 15.6 Å². The van der Waals surface area contributed by atoms with Gasteiger partial charge >= 0.3 is 0 Å². The molecule has 1 aromatic heterocycles. The first kappa shape index (κ1) is 22.4. The van der Waals surface area contributed by atoms with Gasteiger partial charge < -0.3 is 9.84 Å². The minimum atomic E-state index is -3.89. The number of benzene rings is 3. The lowest BCUT2D eigenvalue weighted by Crippen LogP contribution is -2.16. The Balaban J connectivity index is 1.74. The molecule has 0 radical (unpaired) electrons. The Morgan fingerprint density at radius 2 is 1.45 bits per heavy atom. The van der Waals surface area contributed by atoms with Crippen molar-refractivity contribution >= 4 is 16.0 Å². The van der Waals surface area contributed by atoms with Gasteiger partial charge in [-0.25, -0.2) is 18.1 Å². The summed E-state index contributed by atoms with van der Waals surface area (Å²) in [5.41, 5.74) is 0.931. The van der Waals surface area contributed by atoms with Crippen molar-refractivity contribution in [3.63, 3.8) is 0 Å². The Kier molecular flexibility index (Phi) is 6.13. The summed E-state index contributed by atoms with van der Waals surface area (Å²) < 4.78 is 33.9. The molecule has 8 heteroatoms. The van der Waals surface area contributed by atoms with Crippen LogP contribution in [0, 0.1) is 0 Å². The molecule has 0 amide bonds. The third kappa shape index (κ3) is 5.54. The predicted octanol–water partition coefficient (Wildman–Crippen LogP) is 4.96. The van der Waals surface area contributed by atoms with Crippen LogP contribution in [0.1, 0.15) is 19.4 Å². The molecule has 0 fully saturated rings. The highest BCUT2D eigenvalue weighted by Crippen LogP contribution is 2.29. The Morgan fingerprint density at radius 3 is 2.06 bits per heavy atom. The first-order valence-electron chi connectivity index (χ1n) is 10.2. The number of anilines is 1. The number of aliphatic hydroxyl groups is 1. The summed E-state index contributed by atoms with van der Waals surface area (Å²) in [6, 6.07) is 25.9. The van der Waals surface area contributed by atoms with Gasteiger partial charge in [-0.15, -0.1) is 0 Å². The molecule has 4 rings (SSSR count). The number of aromatic nitrogens is 2. The summed E-state index contributed by atoms with van der Waals surface area (Å²) >= 11 is 0. The van der Waals surface area contributed by atoms with E-state index in [0.717, 1.165) is 5.56 Å². The van der Waals surface area contributed by atoms with Crippen LogP contribution in [-0.4, -0.2) is 23.5 Å². The van der Waals surface area contributed by atoms with Crippen LogP contribution in [0.25, 0.3) is 11.3 Å². The van der Waals surface area contributed by atoms with E-state index in [-0.39, 0.29) is 16.7 Å². The fraction of sp³-hybridized carbons (Fsp3) is 0.120. The quantitative estimate of drug-likeness (QED) is 0.403. The molecule has 1 heterocycles. The number of para-hydroxylation sites is 1. The molecule has 0 aliphatic rings. The van der Waals surface area contributed by atoms with Crippen LogP contribution in [0.2, 0.25) is 0 Å². The molecule has 0 bridgehead atoms. The van der Waals surface area contributed by atoms with E-state index in [1.165, 1.54) is 12.1 Å². The average Bonchev–Trinajstić information content (AvgIpc) is 2.79. The van der Waals surface area contributed by atoms with Crippen molar-refractivity contribution in [3.8, 4) is 22.9 Å². The molecule has 7 nitrogen and oxygen atoms in total. The van der Waals surface area contributed by atoms with Crippen molar-refractivity contribution < 1.29 is 18.3 Å². The van der Waals surface area contributed by atoms with Crippen molar-refractivity contribution in [2.75, 3.05) is 4.72 Å². The second-order valence-corrected chi connectivity index (χ2v) is 9.57. The van der Waals surface area contributed by atoms with Crippen molar-refractivity contribution in [3.05, 3.63) is 96.6 Å². The Bertz CT molecular complexity index is 1340. The third-order valence-corrected chi connectivity index (χ3v) is 6.18. The summed E-state index contributed by atoms with van der Waals surface area (Å²) in [6.07, 6.45) is 0. The van der Waals surface area contributed by atoms with Crippen molar-refractivity contribution in [2.24, 2.45) is 0 Å². The van der Waals surface area contributed by atoms with Crippen molar-refractivity contribution in [1.82, 2.24) is 9.97 Å². The molecule has 0 aliphatic carbocycles. The molecule has 0 aliphatic heterocycles. The van der Waals surface area contributed by atoms with Crippen LogP contribution >= 0.6 is 0 Å². The minimum Gasteiger partial charge on any atom is -0.439 e. The molecule has 33 heavy (non-hydrogen) atoms. The van der Waals surface area contributed by atoms with E-state index in [9.17, 15) is 13.5 Å². The van der Waals surface area contributed by atoms with Crippen molar-refractivity contribution in [2.45, 2.75) is 24.3 Å². The number of ether oxygens (including phenoxy) is 1. The summed E-state index contributed by atoms with van der Waals surface area (Å²) in [5.74, 6) is 0.619. The van der Waals surface area contributed by atoms with Gasteiger partial charge in [0, 0.05) is 11.6 Å². The molecule has 2 N–H and O–H groups in total. The van der Waals surface area contributed by atoms with Gasteiger partial charge in [0.1, 0.15) is 5.75 Å². The molecular weight excluding hydrogens is 438 g/mol. The Labute approximate surface area is 192 Å². The summed E-state index contributed by atoms with van der Waals surface area (Å²) in [4.78, 5) is 8.76. The second-order valence-electron chi connectivity index (χ2n) is 7.89. The highest BCUT2D eigenvalue weighted by Gasteiger charge is 2.19. The van der Waals surface area contributed by atoms with Gasteiger partial charge in [-0.05, 0) is 43.7 Å². The minimum absolute atomic E-state index is 0.0964. The molecular formula is C25H23N3O4S. The fourth-order valence-corrected chi connectivity index (χ4v) is 4.07. The summed E-state index contributed by atoms with van der Waals surface area (Å²) in [7, 11) is -3.89. The van der Waals surface area contributed by atoms with E-state index in [2.05, 4.69) is 14.7 Å². The first-order valence-corrected chi connectivity index (χ1v) is 11.7. The molecule has 0 spiro atoms. The maximum absolute atomic E-state index is 12.8. The van der Waals surface area contributed by atoms with Crippen LogP contribution < -0.4 is 9.46 Å². The van der Waals surface area contributed by atoms with Gasteiger partial charge in [0.15, 0.2) is 0 Å². The van der Waals surface area contributed by atoms with Crippen LogP contribution in [0.4, 0.5) is 5.95 Å². The highest BCUT2D eigenvalue weighted by molar-refractivity contribution is 7.92. The zero-order valence-electron chi connectivity index (χ0n) is 18.1. The zero-order valence-corrected chi connectivity index (χ0v) is 19.0. The number of hydrogen-bond donors (Lipinski definition) is 2. The Hall–Kier alpha value is -3.75. The van der Waals surface area contributed by atoms with Crippen molar-refractivity contribution in [1.29, 1.82) is 0 Å². The van der Waals surface area contributed by atoms with Crippen LogP contribution in [0.15, 0.2) is 95.9 Å². The van der Waals surface area contributed by atoms with E-state index in [4.69, 9.17) is 4.74 Å². The lowest BCUT2D eigenvalue weighted by Gasteiger charge is -2.18. The molecule has 0 saturated heterocycles. The van der Waals surface area contributed by atoms with E-state index in [0.29, 0.717) is 17.0 Å². The highest BCUT2D eigenvalue weighted by atomic mass is 32.2. The standard InChI is InChI=1S/C25H23N3O4S/c1-25(2,29)19-15-13-18(14-16-19)22-17-23(32-20-9-5-3-6-10-20)27-24(26-22)28-33(30,31)21-11-7-4-8-12-21/h3-17,29H,1-2H3,(H,26,27,28). The smallest absolute Gasteiger partial charge is 0.264 e. The van der Waals surface area contributed by atoms with Gasteiger partial charge in [-0.3, -0.25) is 0 Å². The molecule has 3 aromatic carbocycles. The SMILES string of the molecule is CC(C)(O)c1ccc(-c2cc(Oc3ccccc3)nc(NS(=O)(=O)c3ccccc3)n2)cc1. The van der Waals surface area contributed by atoms with E-state index in [1.54, 1.807) is 74.5 Å². The van der Waals surface area contributed by atoms with Gasteiger partial charge in [0.2, 0.25) is 11.8 Å². The molecule has 0 atom stereocenters. The number of rotatable bonds is 7. The lowest BCUT2D eigenvalue weighted by atomic mass is 9.97. The van der Waals surface area contributed by atoms with Crippen LogP contribution in [0.5, 0.6) is 11.6 Å². The third-order valence-electron chi connectivity index (χ3n) is 4.83. The average molecular weight is 462 g/mol. The number of nitrogens with zero attached hydrogens (tertiary/aromatic N) is 2. The van der Waals surface area contributed by atoms with Crippen LogP contribution in [0.3, 0.4) is 0 Å². The monoisotopic (exact) mass is 461 g/mol. The summed E-state index contributed by atoms with van der Waals surface area (Å²) in [5, 5.41) is 10.2. The Morgan fingerprint density at radius 1 is 0.848 bits per heavy atom. The largest absolute Gasteiger partial charge is 0.439 e. The van der Waals surface area contributed by atoms with E-state index in [1.807, 2.05) is 18.2 Å². The molecule has 168 valence electrons. The topological polar surface area (TPSA) is 101 Å². The first-order chi connectivity index (χ1) is 15.7. The summed E-state index contributed by atoms with van der Waals surface area (Å²) in [6.45, 7) is 3.41. The number of nitrogens with one attached hydrogen (secondary N) is 1. The van der Waals surface area contributed by atoms with Gasteiger partial charge in [0.25, 0.3) is 10.0 Å². The fourth-order valence-electron chi connectivity index (χ4n) is 3.11. The normalized spacial score (nSPS) is 11.7. The second kappa shape index (κ2) is 9.01. The zero-order chi connectivity index (χ0) is 23.5. The van der Waals surface area contributed by atoms with E-state index >= 15 is 0 Å². The maximum atomic E-state index is 12.8. The van der Waals surface area contributed by atoms with Gasteiger partial charge in [-0.1, -0.05) is 60.7 Å². The van der Waals surface area contributed by atoms with E-state index < -0.39 is 15.6 Å². The maximum Gasteiger partial charge on any atom is 0.264 e. The number of hydrogen-bond acceptors (Lipinski definition) is 6. The molecule has 0 saturated carbocycles. The number of sulfonamides is 1. The molecule has 4 aromatic rings. The van der Waals surface area contributed by atoms with Gasteiger partial charge in [-0.2, -0.15) is 4.98 Å². The molecule has 0 unspecified atom stereocenters.